The molecule has 4 nitrogen and oxygen atoms in total. The molecule has 0 amide bonds. The number of carbonyl (C=O) groups is 1. The van der Waals surface area contributed by atoms with E-state index < -0.39 is 0 Å². The topological polar surface area (TPSA) is 51.2 Å². The number of methoxy groups -OCH3 is 1. The van der Waals surface area contributed by atoms with Gasteiger partial charge in [-0.2, -0.15) is 0 Å². The first-order chi connectivity index (χ1) is 10.2. The zero-order valence-corrected chi connectivity index (χ0v) is 13.2. The third kappa shape index (κ3) is 4.65. The summed E-state index contributed by atoms with van der Waals surface area (Å²) < 4.78 is 4.67. The van der Waals surface area contributed by atoms with Crippen LogP contribution in [0.15, 0.2) is 30.5 Å². The highest BCUT2D eigenvalue weighted by molar-refractivity contribution is 7.12. The van der Waals surface area contributed by atoms with Crippen LogP contribution < -0.4 is 5.32 Å². The number of hydrogen-bond acceptors (Lipinski definition) is 5. The van der Waals surface area contributed by atoms with Crippen LogP contribution in [0.1, 0.15) is 27.9 Å². The van der Waals surface area contributed by atoms with E-state index >= 15 is 0 Å². The summed E-state index contributed by atoms with van der Waals surface area (Å²) in [5, 5.41) is 3.41. The highest BCUT2D eigenvalue weighted by Crippen LogP contribution is 2.17. The number of nitrogens with one attached hydrogen (secondary N) is 1. The number of nitrogens with zero attached hydrogens (tertiary/aromatic N) is 1. The number of aryl methyl sites for hydroxylation is 1. The van der Waals surface area contributed by atoms with Gasteiger partial charge in [-0.05, 0) is 30.2 Å². The minimum absolute atomic E-state index is 0.197. The average Bonchev–Trinajstić information content (AvgIpc) is 2.95. The fourth-order valence-electron chi connectivity index (χ4n) is 2.08. The van der Waals surface area contributed by atoms with Gasteiger partial charge in [0.05, 0.1) is 19.2 Å². The summed E-state index contributed by atoms with van der Waals surface area (Å²) in [4.78, 5) is 17.9. The van der Waals surface area contributed by atoms with Crippen LogP contribution in [-0.2, 0) is 35.5 Å². The molecule has 0 aliphatic heterocycles. The molecule has 112 valence electrons. The van der Waals surface area contributed by atoms with Crippen LogP contribution in [0, 0.1) is 0 Å². The maximum atomic E-state index is 11.2. The van der Waals surface area contributed by atoms with Gasteiger partial charge in [-0.3, -0.25) is 9.78 Å². The molecule has 0 bridgehead atoms. The van der Waals surface area contributed by atoms with Gasteiger partial charge in [0.15, 0.2) is 0 Å². The second-order valence-electron chi connectivity index (χ2n) is 4.69. The van der Waals surface area contributed by atoms with Gasteiger partial charge in [0.2, 0.25) is 0 Å². The smallest absolute Gasteiger partial charge is 0.310 e. The molecule has 0 aromatic carbocycles. The minimum atomic E-state index is -0.197. The largest absolute Gasteiger partial charge is 0.469 e. The number of pyridine rings is 1. The highest BCUT2D eigenvalue weighted by atomic mass is 32.1. The Bertz CT molecular complexity index is 595. The molecule has 2 rings (SSSR count). The SMILES string of the molecule is CCc1cccnc1CNCc1ccc(CC(=O)OC)s1. The van der Waals surface area contributed by atoms with Crippen molar-refractivity contribution >= 4 is 17.3 Å². The van der Waals surface area contributed by atoms with Crippen molar-refractivity contribution in [3.8, 4) is 0 Å². The van der Waals surface area contributed by atoms with Crippen molar-refractivity contribution in [1.29, 1.82) is 0 Å². The molecule has 0 saturated heterocycles. The molecule has 1 N–H and O–H groups in total. The summed E-state index contributed by atoms with van der Waals surface area (Å²) in [6, 6.07) is 8.12. The number of thiophene rings is 1. The summed E-state index contributed by atoms with van der Waals surface area (Å²) >= 11 is 1.64. The zero-order chi connectivity index (χ0) is 15.1. The van der Waals surface area contributed by atoms with Gasteiger partial charge in [-0.25, -0.2) is 0 Å². The van der Waals surface area contributed by atoms with Crippen LogP contribution in [0.4, 0.5) is 0 Å². The quantitative estimate of drug-likeness (QED) is 0.799. The lowest BCUT2D eigenvalue weighted by Gasteiger charge is -2.07. The Morgan fingerprint density at radius 3 is 2.86 bits per heavy atom. The van der Waals surface area contributed by atoms with Crippen molar-refractivity contribution in [1.82, 2.24) is 10.3 Å². The molecule has 0 atom stereocenters. The van der Waals surface area contributed by atoms with E-state index in [1.807, 2.05) is 18.3 Å². The lowest BCUT2D eigenvalue weighted by molar-refractivity contribution is -0.139. The lowest BCUT2D eigenvalue weighted by Crippen LogP contribution is -2.14. The van der Waals surface area contributed by atoms with Gasteiger partial charge < -0.3 is 10.1 Å². The molecule has 2 aromatic heterocycles. The molecule has 0 radical (unpaired) electrons. The Morgan fingerprint density at radius 1 is 1.29 bits per heavy atom. The van der Waals surface area contributed by atoms with Crippen LogP contribution in [0.25, 0.3) is 0 Å². The minimum Gasteiger partial charge on any atom is -0.469 e. The first kappa shape index (κ1) is 15.7. The summed E-state index contributed by atoms with van der Waals surface area (Å²) in [5.74, 6) is -0.197. The Hall–Kier alpha value is -1.72. The molecular weight excluding hydrogens is 284 g/mol. The molecule has 0 spiro atoms. The summed E-state index contributed by atoms with van der Waals surface area (Å²) in [6.45, 7) is 3.68. The number of rotatable bonds is 7. The van der Waals surface area contributed by atoms with E-state index in [1.54, 1.807) is 11.3 Å². The Morgan fingerprint density at radius 2 is 2.10 bits per heavy atom. The molecule has 2 heterocycles. The maximum Gasteiger partial charge on any atom is 0.310 e. The van der Waals surface area contributed by atoms with Crippen molar-refractivity contribution in [2.24, 2.45) is 0 Å². The lowest BCUT2D eigenvalue weighted by atomic mass is 10.1. The van der Waals surface area contributed by atoms with Crippen LogP contribution in [-0.4, -0.2) is 18.1 Å². The van der Waals surface area contributed by atoms with Crippen molar-refractivity contribution < 1.29 is 9.53 Å². The van der Waals surface area contributed by atoms with Gasteiger partial charge in [-0.1, -0.05) is 13.0 Å². The van der Waals surface area contributed by atoms with Gasteiger partial charge in [0.25, 0.3) is 0 Å². The van der Waals surface area contributed by atoms with Crippen LogP contribution in [0.5, 0.6) is 0 Å². The summed E-state index contributed by atoms with van der Waals surface area (Å²) in [7, 11) is 1.41. The van der Waals surface area contributed by atoms with Gasteiger partial charge in [-0.15, -0.1) is 11.3 Å². The molecule has 0 aliphatic rings. The molecule has 2 aromatic rings. The van der Waals surface area contributed by atoms with E-state index in [4.69, 9.17) is 0 Å². The van der Waals surface area contributed by atoms with Crippen molar-refractivity contribution in [3.63, 3.8) is 0 Å². The second kappa shape index (κ2) is 7.90. The monoisotopic (exact) mass is 304 g/mol. The maximum absolute atomic E-state index is 11.2. The molecule has 5 heteroatoms. The number of ether oxygens (including phenoxy) is 1. The fraction of sp³-hybridized carbons (Fsp3) is 0.375. The third-order valence-corrected chi connectivity index (χ3v) is 4.31. The zero-order valence-electron chi connectivity index (χ0n) is 12.4. The Kier molecular flexibility index (Phi) is 5.90. The van der Waals surface area contributed by atoms with E-state index in [1.165, 1.54) is 17.6 Å². The number of carbonyl (C=O) groups excluding carboxylic acids is 1. The summed E-state index contributed by atoms with van der Waals surface area (Å²) in [6.07, 6.45) is 3.17. The number of hydrogen-bond donors (Lipinski definition) is 1. The van der Waals surface area contributed by atoms with Gasteiger partial charge in [0.1, 0.15) is 0 Å². The van der Waals surface area contributed by atoms with E-state index in [2.05, 4.69) is 34.1 Å². The number of aromatic nitrogens is 1. The van der Waals surface area contributed by atoms with Gasteiger partial charge >= 0.3 is 5.97 Å². The molecule has 0 fully saturated rings. The molecule has 0 aliphatic carbocycles. The predicted octanol–water partition coefficient (Wildman–Crippen LogP) is 2.71. The van der Waals surface area contributed by atoms with E-state index in [0.29, 0.717) is 6.42 Å². The van der Waals surface area contributed by atoms with Crippen LogP contribution in [0.3, 0.4) is 0 Å². The van der Waals surface area contributed by atoms with Crippen LogP contribution in [0.2, 0.25) is 0 Å². The first-order valence-electron chi connectivity index (χ1n) is 7.00. The molecular formula is C16H20N2O2S. The summed E-state index contributed by atoms with van der Waals surface area (Å²) in [5.41, 5.74) is 2.38. The average molecular weight is 304 g/mol. The van der Waals surface area contributed by atoms with E-state index in [0.717, 1.165) is 30.1 Å². The highest BCUT2D eigenvalue weighted by Gasteiger charge is 2.06. The van der Waals surface area contributed by atoms with Crippen molar-refractivity contribution in [2.75, 3.05) is 7.11 Å². The van der Waals surface area contributed by atoms with E-state index in [-0.39, 0.29) is 5.97 Å². The Balaban J connectivity index is 1.85. The third-order valence-electron chi connectivity index (χ3n) is 3.22. The predicted molar refractivity (Wildman–Crippen MR) is 84.2 cm³/mol. The standard InChI is InChI=1S/C16H20N2O2S/c1-3-12-5-4-8-18-15(12)11-17-10-14-7-6-13(21-14)9-16(19)20-2/h4-8,17H,3,9-11H2,1-2H3. The molecule has 0 saturated carbocycles. The fourth-order valence-corrected chi connectivity index (χ4v) is 3.06. The number of esters is 1. The first-order valence-corrected chi connectivity index (χ1v) is 7.82. The van der Waals surface area contributed by atoms with Crippen LogP contribution >= 0.6 is 11.3 Å². The molecule has 0 unspecified atom stereocenters. The van der Waals surface area contributed by atoms with E-state index in [9.17, 15) is 4.79 Å². The Labute approximate surface area is 129 Å². The normalized spacial score (nSPS) is 10.6. The second-order valence-corrected chi connectivity index (χ2v) is 5.94. The van der Waals surface area contributed by atoms with Gasteiger partial charge in [0, 0.05) is 29.0 Å². The molecule has 21 heavy (non-hydrogen) atoms. The van der Waals surface area contributed by atoms with Crippen molar-refractivity contribution in [3.05, 3.63) is 51.5 Å². The van der Waals surface area contributed by atoms with Crippen molar-refractivity contribution in [2.45, 2.75) is 32.9 Å².